The van der Waals surface area contributed by atoms with E-state index in [4.69, 9.17) is 4.74 Å². The van der Waals surface area contributed by atoms with Crippen LogP contribution in [-0.4, -0.2) is 18.4 Å². The lowest BCUT2D eigenvalue weighted by Gasteiger charge is -2.18. The van der Waals surface area contributed by atoms with Gasteiger partial charge in [-0.25, -0.2) is 4.39 Å². The molecule has 2 amide bonds. The summed E-state index contributed by atoms with van der Waals surface area (Å²) in [6, 6.07) is 11.0. The molecule has 1 atom stereocenters. The van der Waals surface area contributed by atoms with Crippen LogP contribution in [0.25, 0.3) is 0 Å². The number of halogens is 1. The van der Waals surface area contributed by atoms with Crippen LogP contribution < -0.4 is 15.4 Å². The van der Waals surface area contributed by atoms with Crippen molar-refractivity contribution in [1.29, 1.82) is 0 Å². The van der Waals surface area contributed by atoms with E-state index < -0.39 is 11.8 Å². The van der Waals surface area contributed by atoms with Crippen LogP contribution in [0, 0.1) is 12.7 Å². The van der Waals surface area contributed by atoms with Crippen molar-refractivity contribution >= 4 is 11.8 Å². The number of benzene rings is 2. The highest BCUT2D eigenvalue weighted by atomic mass is 19.1. The molecule has 1 unspecified atom stereocenters. The molecule has 0 aliphatic carbocycles. The minimum absolute atomic E-state index is 0.148. The summed E-state index contributed by atoms with van der Waals surface area (Å²) < 4.78 is 18.5. The first-order valence-corrected chi connectivity index (χ1v) is 8.47. The van der Waals surface area contributed by atoms with Crippen LogP contribution in [-0.2, 0) is 16.1 Å². The molecule has 6 heteroatoms. The SMILES string of the molecule is CCOc1ccc(C)cc1C(C)NC(=O)C(=O)NCc1ccc(F)cc1. The summed E-state index contributed by atoms with van der Waals surface area (Å²) in [5.74, 6) is -1.15. The minimum atomic E-state index is -0.744. The molecule has 0 saturated heterocycles. The Morgan fingerprint density at radius 2 is 1.81 bits per heavy atom. The van der Waals surface area contributed by atoms with Gasteiger partial charge in [-0.05, 0) is 44.5 Å². The molecule has 2 N–H and O–H groups in total. The third kappa shape index (κ3) is 5.31. The zero-order chi connectivity index (χ0) is 19.1. The van der Waals surface area contributed by atoms with Crippen molar-refractivity contribution in [2.75, 3.05) is 6.61 Å². The molecule has 26 heavy (non-hydrogen) atoms. The van der Waals surface area contributed by atoms with Gasteiger partial charge in [0.1, 0.15) is 11.6 Å². The number of aryl methyl sites for hydroxylation is 1. The predicted molar refractivity (Wildman–Crippen MR) is 97.2 cm³/mol. The highest BCUT2D eigenvalue weighted by Gasteiger charge is 2.19. The number of hydrogen-bond acceptors (Lipinski definition) is 3. The first-order valence-electron chi connectivity index (χ1n) is 8.47. The summed E-state index contributed by atoms with van der Waals surface area (Å²) in [5, 5.41) is 5.20. The van der Waals surface area contributed by atoms with Crippen molar-refractivity contribution in [2.45, 2.75) is 33.4 Å². The Morgan fingerprint density at radius 3 is 2.46 bits per heavy atom. The molecule has 0 fully saturated rings. The standard InChI is InChI=1S/C20H23FN2O3/c1-4-26-18-10-5-13(2)11-17(18)14(3)23-20(25)19(24)22-12-15-6-8-16(21)9-7-15/h5-11,14H,4,12H2,1-3H3,(H,22,24)(H,23,25). The Bertz CT molecular complexity index is 775. The van der Waals surface area contributed by atoms with Gasteiger partial charge in [0.25, 0.3) is 0 Å². The fraction of sp³-hybridized carbons (Fsp3) is 0.300. The second kappa shape index (κ2) is 8.99. The van der Waals surface area contributed by atoms with E-state index in [0.717, 1.165) is 11.1 Å². The van der Waals surface area contributed by atoms with Crippen LogP contribution in [0.2, 0.25) is 0 Å². The largest absolute Gasteiger partial charge is 0.494 e. The van der Waals surface area contributed by atoms with Crippen LogP contribution in [0.4, 0.5) is 4.39 Å². The first kappa shape index (κ1) is 19.4. The Hall–Kier alpha value is -2.89. The normalized spacial score (nSPS) is 11.5. The van der Waals surface area contributed by atoms with E-state index in [1.54, 1.807) is 19.1 Å². The predicted octanol–water partition coefficient (Wildman–Crippen LogP) is 3.03. The Balaban J connectivity index is 1.96. The van der Waals surface area contributed by atoms with Crippen LogP contribution in [0.15, 0.2) is 42.5 Å². The second-order valence-electron chi connectivity index (χ2n) is 5.98. The van der Waals surface area contributed by atoms with Crippen molar-refractivity contribution in [3.63, 3.8) is 0 Å². The molecule has 0 saturated carbocycles. The van der Waals surface area contributed by atoms with Gasteiger partial charge in [-0.1, -0.05) is 29.8 Å². The molecule has 0 radical (unpaired) electrons. The zero-order valence-corrected chi connectivity index (χ0v) is 15.1. The van der Waals surface area contributed by atoms with Gasteiger partial charge in [0.15, 0.2) is 0 Å². The number of nitrogens with one attached hydrogen (secondary N) is 2. The van der Waals surface area contributed by atoms with E-state index in [2.05, 4.69) is 10.6 Å². The first-order chi connectivity index (χ1) is 12.4. The maximum atomic E-state index is 12.9. The van der Waals surface area contributed by atoms with E-state index in [1.807, 2.05) is 32.0 Å². The highest BCUT2D eigenvalue weighted by molar-refractivity contribution is 6.35. The number of rotatable bonds is 6. The maximum absolute atomic E-state index is 12.9. The molecule has 2 aromatic carbocycles. The summed E-state index contributed by atoms with van der Waals surface area (Å²) in [6.07, 6.45) is 0. The van der Waals surface area contributed by atoms with E-state index in [1.165, 1.54) is 12.1 Å². The lowest BCUT2D eigenvalue weighted by atomic mass is 10.0. The molecule has 0 aromatic heterocycles. The van der Waals surface area contributed by atoms with Crippen LogP contribution in [0.5, 0.6) is 5.75 Å². The number of amides is 2. The van der Waals surface area contributed by atoms with E-state index >= 15 is 0 Å². The van der Waals surface area contributed by atoms with Crippen molar-refractivity contribution in [3.05, 3.63) is 65.0 Å². The number of hydrogen-bond donors (Lipinski definition) is 2. The van der Waals surface area contributed by atoms with Crippen LogP contribution in [0.3, 0.4) is 0 Å². The fourth-order valence-corrected chi connectivity index (χ4v) is 2.50. The molecule has 5 nitrogen and oxygen atoms in total. The van der Waals surface area contributed by atoms with Gasteiger partial charge in [-0.2, -0.15) is 0 Å². The lowest BCUT2D eigenvalue weighted by molar-refractivity contribution is -0.139. The van der Waals surface area contributed by atoms with E-state index in [-0.39, 0.29) is 18.4 Å². The summed E-state index contributed by atoms with van der Waals surface area (Å²) in [7, 11) is 0. The lowest BCUT2D eigenvalue weighted by Crippen LogP contribution is -2.40. The topological polar surface area (TPSA) is 67.4 Å². The van der Waals surface area contributed by atoms with Gasteiger partial charge in [-0.15, -0.1) is 0 Å². The van der Waals surface area contributed by atoms with Crippen molar-refractivity contribution in [2.24, 2.45) is 0 Å². The van der Waals surface area contributed by atoms with Gasteiger partial charge in [0, 0.05) is 12.1 Å². The Labute approximate surface area is 152 Å². The van der Waals surface area contributed by atoms with Crippen LogP contribution in [0.1, 0.15) is 36.6 Å². The van der Waals surface area contributed by atoms with Crippen LogP contribution >= 0.6 is 0 Å². The van der Waals surface area contributed by atoms with Crippen molar-refractivity contribution in [1.82, 2.24) is 10.6 Å². The average Bonchev–Trinajstić information content (AvgIpc) is 2.62. The summed E-state index contributed by atoms with van der Waals surface area (Å²) in [6.45, 7) is 6.28. The minimum Gasteiger partial charge on any atom is -0.494 e. The third-order valence-electron chi connectivity index (χ3n) is 3.85. The van der Waals surface area contributed by atoms with Gasteiger partial charge in [-0.3, -0.25) is 9.59 Å². The van der Waals surface area contributed by atoms with E-state index in [9.17, 15) is 14.0 Å². The Kier molecular flexibility index (Phi) is 6.72. The third-order valence-corrected chi connectivity index (χ3v) is 3.85. The molecule has 0 aliphatic rings. The molecule has 138 valence electrons. The molecule has 0 heterocycles. The van der Waals surface area contributed by atoms with Gasteiger partial charge in [0.2, 0.25) is 0 Å². The van der Waals surface area contributed by atoms with Gasteiger partial charge in [0.05, 0.1) is 12.6 Å². The summed E-state index contributed by atoms with van der Waals surface area (Å²) in [5.41, 5.74) is 2.55. The fourth-order valence-electron chi connectivity index (χ4n) is 2.50. The highest BCUT2D eigenvalue weighted by Crippen LogP contribution is 2.26. The summed E-state index contributed by atoms with van der Waals surface area (Å²) in [4.78, 5) is 24.1. The van der Waals surface area contributed by atoms with Crippen molar-refractivity contribution < 1.29 is 18.7 Å². The molecule has 0 bridgehead atoms. The van der Waals surface area contributed by atoms with Gasteiger partial charge < -0.3 is 15.4 Å². The monoisotopic (exact) mass is 358 g/mol. The summed E-state index contributed by atoms with van der Waals surface area (Å²) >= 11 is 0. The maximum Gasteiger partial charge on any atom is 0.309 e. The molecular weight excluding hydrogens is 335 g/mol. The molecule has 2 aromatic rings. The average molecular weight is 358 g/mol. The number of carbonyl (C=O) groups is 2. The molecular formula is C20H23FN2O3. The molecule has 0 spiro atoms. The quantitative estimate of drug-likeness (QED) is 0.780. The number of ether oxygens (including phenoxy) is 1. The molecule has 2 rings (SSSR count). The Morgan fingerprint density at radius 1 is 1.12 bits per heavy atom. The zero-order valence-electron chi connectivity index (χ0n) is 15.1. The van der Waals surface area contributed by atoms with Gasteiger partial charge >= 0.3 is 11.8 Å². The van der Waals surface area contributed by atoms with Crippen molar-refractivity contribution in [3.8, 4) is 5.75 Å². The smallest absolute Gasteiger partial charge is 0.309 e. The van der Waals surface area contributed by atoms with E-state index in [0.29, 0.717) is 17.9 Å². The number of carbonyl (C=O) groups excluding carboxylic acids is 2. The molecule has 0 aliphatic heterocycles. The second-order valence-corrected chi connectivity index (χ2v) is 5.98.